The molecule has 1 fully saturated rings. The highest BCUT2D eigenvalue weighted by molar-refractivity contribution is 7.89. The molecule has 1 aromatic heterocycles. The summed E-state index contributed by atoms with van der Waals surface area (Å²) >= 11 is 0. The first kappa shape index (κ1) is 16.5. The van der Waals surface area contributed by atoms with E-state index >= 15 is 0 Å². The minimum absolute atomic E-state index is 0.131. The minimum Gasteiger partial charge on any atom is -0.313 e. The number of nitrogens with one attached hydrogen (secondary N) is 3. The Morgan fingerprint density at radius 3 is 2.76 bits per heavy atom. The van der Waals surface area contributed by atoms with E-state index < -0.39 is 10.0 Å². The summed E-state index contributed by atoms with van der Waals surface area (Å²) in [5.74, 6) is 1.03. The summed E-state index contributed by atoms with van der Waals surface area (Å²) in [4.78, 5) is 0. The van der Waals surface area contributed by atoms with Gasteiger partial charge >= 0.3 is 0 Å². The summed E-state index contributed by atoms with van der Waals surface area (Å²) in [5, 5.41) is 10.1. The third-order valence-electron chi connectivity index (χ3n) is 4.42. The third-order valence-corrected chi connectivity index (χ3v) is 5.81. The maximum absolute atomic E-state index is 12.5. The zero-order chi connectivity index (χ0) is 15.5. The standard InChI is InChI=1S/C14H26N4O2S/c1-4-15-9-13-11(3)17-18-14(13)21(19,20)16-8-12-7-5-6-10(12)2/h10,12,15-16H,4-9H2,1-3H3,(H,17,18). The van der Waals surface area contributed by atoms with Crippen LogP contribution in [0.15, 0.2) is 5.03 Å². The predicted molar refractivity (Wildman–Crippen MR) is 82.4 cm³/mol. The van der Waals surface area contributed by atoms with Crippen LogP contribution >= 0.6 is 0 Å². The lowest BCUT2D eigenvalue weighted by Crippen LogP contribution is -2.31. The van der Waals surface area contributed by atoms with Crippen molar-refractivity contribution in [3.05, 3.63) is 11.3 Å². The second-order valence-electron chi connectivity index (χ2n) is 5.93. The first-order chi connectivity index (χ1) is 9.95. The van der Waals surface area contributed by atoms with Gasteiger partial charge in [-0.25, -0.2) is 13.1 Å². The molecule has 0 spiro atoms. The summed E-state index contributed by atoms with van der Waals surface area (Å²) < 4.78 is 27.7. The van der Waals surface area contributed by atoms with E-state index in [-0.39, 0.29) is 5.03 Å². The number of aromatic amines is 1. The van der Waals surface area contributed by atoms with Crippen LogP contribution in [-0.4, -0.2) is 31.7 Å². The van der Waals surface area contributed by atoms with Gasteiger partial charge in [-0.3, -0.25) is 5.10 Å². The normalized spacial score (nSPS) is 22.8. The molecule has 7 heteroatoms. The van der Waals surface area contributed by atoms with Crippen LogP contribution in [0.3, 0.4) is 0 Å². The molecule has 0 aromatic carbocycles. The molecule has 6 nitrogen and oxygen atoms in total. The van der Waals surface area contributed by atoms with E-state index in [0.717, 1.165) is 24.2 Å². The van der Waals surface area contributed by atoms with Crippen molar-refractivity contribution in [3.8, 4) is 0 Å². The van der Waals surface area contributed by atoms with E-state index in [1.54, 1.807) is 0 Å². The fourth-order valence-electron chi connectivity index (χ4n) is 2.92. The van der Waals surface area contributed by atoms with Crippen LogP contribution in [-0.2, 0) is 16.6 Å². The van der Waals surface area contributed by atoms with E-state index in [1.807, 2.05) is 13.8 Å². The molecular weight excluding hydrogens is 288 g/mol. The molecule has 1 aliphatic carbocycles. The number of sulfonamides is 1. The van der Waals surface area contributed by atoms with Crippen molar-refractivity contribution in [2.24, 2.45) is 11.8 Å². The number of H-pyrrole nitrogens is 1. The van der Waals surface area contributed by atoms with Crippen molar-refractivity contribution in [1.82, 2.24) is 20.2 Å². The lowest BCUT2D eigenvalue weighted by molar-refractivity contribution is 0.414. The fourth-order valence-corrected chi connectivity index (χ4v) is 4.21. The van der Waals surface area contributed by atoms with Gasteiger partial charge in [0.15, 0.2) is 5.03 Å². The number of aromatic nitrogens is 2. The zero-order valence-electron chi connectivity index (χ0n) is 13.1. The van der Waals surface area contributed by atoms with Crippen LogP contribution in [0.25, 0.3) is 0 Å². The molecule has 0 amide bonds. The predicted octanol–water partition coefficient (Wildman–Crippen LogP) is 1.54. The molecule has 21 heavy (non-hydrogen) atoms. The van der Waals surface area contributed by atoms with Gasteiger partial charge in [0.2, 0.25) is 0 Å². The highest BCUT2D eigenvalue weighted by atomic mass is 32.2. The summed E-state index contributed by atoms with van der Waals surface area (Å²) in [7, 11) is -3.54. The smallest absolute Gasteiger partial charge is 0.260 e. The van der Waals surface area contributed by atoms with E-state index in [2.05, 4.69) is 27.2 Å². The molecule has 0 bridgehead atoms. The Balaban J connectivity index is 2.08. The molecule has 2 unspecified atom stereocenters. The first-order valence-corrected chi connectivity index (χ1v) is 9.18. The van der Waals surface area contributed by atoms with Gasteiger partial charge in [0.05, 0.1) is 0 Å². The molecule has 1 aromatic rings. The van der Waals surface area contributed by atoms with Crippen molar-refractivity contribution in [2.45, 2.75) is 51.6 Å². The largest absolute Gasteiger partial charge is 0.313 e. The van der Waals surface area contributed by atoms with Crippen LogP contribution < -0.4 is 10.0 Å². The topological polar surface area (TPSA) is 86.9 Å². The number of hydrogen-bond acceptors (Lipinski definition) is 4. The second kappa shape index (κ2) is 6.89. The van der Waals surface area contributed by atoms with Crippen LogP contribution in [0.1, 0.15) is 44.4 Å². The Bertz CT molecular complexity index is 568. The van der Waals surface area contributed by atoms with Crippen LogP contribution in [0.2, 0.25) is 0 Å². The van der Waals surface area contributed by atoms with E-state index in [4.69, 9.17) is 0 Å². The number of rotatable bonds is 7. The van der Waals surface area contributed by atoms with Gasteiger partial charge in [-0.05, 0) is 31.7 Å². The molecule has 2 rings (SSSR count). The van der Waals surface area contributed by atoms with E-state index in [1.165, 1.54) is 12.8 Å². The Morgan fingerprint density at radius 1 is 1.38 bits per heavy atom. The maximum Gasteiger partial charge on any atom is 0.260 e. The molecular formula is C14H26N4O2S. The fraction of sp³-hybridized carbons (Fsp3) is 0.786. The molecule has 3 N–H and O–H groups in total. The van der Waals surface area contributed by atoms with Gasteiger partial charge < -0.3 is 5.32 Å². The molecule has 0 aliphatic heterocycles. The Hall–Kier alpha value is -0.920. The van der Waals surface area contributed by atoms with Crippen molar-refractivity contribution in [2.75, 3.05) is 13.1 Å². The minimum atomic E-state index is -3.54. The summed E-state index contributed by atoms with van der Waals surface area (Å²) in [6, 6.07) is 0. The molecule has 0 saturated heterocycles. The average molecular weight is 314 g/mol. The summed E-state index contributed by atoms with van der Waals surface area (Å²) in [6.45, 7) is 7.84. The van der Waals surface area contributed by atoms with Gasteiger partial charge in [-0.15, -0.1) is 0 Å². The lowest BCUT2D eigenvalue weighted by Gasteiger charge is -2.15. The van der Waals surface area contributed by atoms with Gasteiger partial charge in [-0.1, -0.05) is 26.7 Å². The Labute approximate surface area is 127 Å². The van der Waals surface area contributed by atoms with Crippen LogP contribution in [0.5, 0.6) is 0 Å². The molecule has 1 saturated carbocycles. The second-order valence-corrected chi connectivity index (χ2v) is 7.62. The zero-order valence-corrected chi connectivity index (χ0v) is 13.9. The Kier molecular flexibility index (Phi) is 5.40. The monoisotopic (exact) mass is 314 g/mol. The van der Waals surface area contributed by atoms with Crippen molar-refractivity contribution in [3.63, 3.8) is 0 Å². The highest BCUT2D eigenvalue weighted by Gasteiger charge is 2.28. The van der Waals surface area contributed by atoms with E-state index in [0.29, 0.717) is 24.9 Å². The van der Waals surface area contributed by atoms with Crippen LogP contribution in [0, 0.1) is 18.8 Å². The van der Waals surface area contributed by atoms with E-state index in [9.17, 15) is 8.42 Å². The van der Waals surface area contributed by atoms with Crippen molar-refractivity contribution >= 4 is 10.0 Å². The molecule has 2 atom stereocenters. The maximum atomic E-state index is 12.5. The Morgan fingerprint density at radius 2 is 2.14 bits per heavy atom. The lowest BCUT2D eigenvalue weighted by atomic mass is 9.99. The van der Waals surface area contributed by atoms with Gasteiger partial charge in [0, 0.05) is 24.3 Å². The number of nitrogens with zero attached hydrogens (tertiary/aromatic N) is 1. The number of aryl methyl sites for hydroxylation is 1. The molecule has 1 heterocycles. The highest BCUT2D eigenvalue weighted by Crippen LogP contribution is 2.30. The summed E-state index contributed by atoms with van der Waals surface area (Å²) in [5.41, 5.74) is 1.52. The van der Waals surface area contributed by atoms with Gasteiger partial charge in [-0.2, -0.15) is 5.10 Å². The number of hydrogen-bond donors (Lipinski definition) is 3. The quantitative estimate of drug-likeness (QED) is 0.712. The SMILES string of the molecule is CCNCc1c(S(=O)(=O)NCC2CCCC2C)n[nH]c1C. The van der Waals surface area contributed by atoms with Crippen molar-refractivity contribution in [1.29, 1.82) is 0 Å². The van der Waals surface area contributed by atoms with Crippen molar-refractivity contribution < 1.29 is 8.42 Å². The van der Waals surface area contributed by atoms with Gasteiger partial charge in [0.1, 0.15) is 0 Å². The average Bonchev–Trinajstić information content (AvgIpc) is 3.01. The molecule has 120 valence electrons. The summed E-state index contributed by atoms with van der Waals surface area (Å²) in [6.07, 6.45) is 3.49. The molecule has 0 radical (unpaired) electrons. The third kappa shape index (κ3) is 3.84. The van der Waals surface area contributed by atoms with Crippen LogP contribution in [0.4, 0.5) is 0 Å². The molecule has 1 aliphatic rings. The first-order valence-electron chi connectivity index (χ1n) is 7.70. The van der Waals surface area contributed by atoms with Gasteiger partial charge in [0.25, 0.3) is 10.0 Å².